The summed E-state index contributed by atoms with van der Waals surface area (Å²) in [6.07, 6.45) is 2.66. The molecular formula is C15H28N4O. The van der Waals surface area contributed by atoms with Crippen LogP contribution in [-0.2, 0) is 6.54 Å². The third-order valence-corrected chi connectivity index (χ3v) is 3.78. The average molecular weight is 280 g/mol. The van der Waals surface area contributed by atoms with Crippen molar-refractivity contribution in [3.63, 3.8) is 0 Å². The highest BCUT2D eigenvalue weighted by molar-refractivity contribution is 4.98. The molecule has 5 heteroatoms. The summed E-state index contributed by atoms with van der Waals surface area (Å²) >= 11 is 0. The number of H-pyrrole nitrogens is 1. The van der Waals surface area contributed by atoms with Crippen LogP contribution in [0.1, 0.15) is 32.9 Å². The molecular weight excluding hydrogens is 252 g/mol. The molecule has 0 aromatic carbocycles. The van der Waals surface area contributed by atoms with E-state index in [1.54, 1.807) is 6.20 Å². The fourth-order valence-electron chi connectivity index (χ4n) is 2.95. The summed E-state index contributed by atoms with van der Waals surface area (Å²) in [4.78, 5) is 4.99. The maximum absolute atomic E-state index is 9.32. The summed E-state index contributed by atoms with van der Waals surface area (Å²) in [5.41, 5.74) is 1.47. The van der Waals surface area contributed by atoms with Gasteiger partial charge in [0.05, 0.1) is 0 Å². The van der Waals surface area contributed by atoms with Crippen molar-refractivity contribution < 1.29 is 5.11 Å². The van der Waals surface area contributed by atoms with Crippen molar-refractivity contribution in [1.82, 2.24) is 20.0 Å². The summed E-state index contributed by atoms with van der Waals surface area (Å²) in [7, 11) is 0. The van der Waals surface area contributed by atoms with Gasteiger partial charge in [0.15, 0.2) is 0 Å². The van der Waals surface area contributed by atoms with E-state index in [2.05, 4.69) is 40.8 Å². The second-order valence-corrected chi connectivity index (χ2v) is 7.01. The van der Waals surface area contributed by atoms with Gasteiger partial charge in [-0.3, -0.25) is 14.9 Å². The van der Waals surface area contributed by atoms with Gasteiger partial charge < -0.3 is 5.11 Å². The molecule has 20 heavy (non-hydrogen) atoms. The first-order valence-corrected chi connectivity index (χ1v) is 7.53. The summed E-state index contributed by atoms with van der Waals surface area (Å²) < 4.78 is 0. The molecule has 0 bridgehead atoms. The molecule has 1 fully saturated rings. The van der Waals surface area contributed by atoms with Crippen LogP contribution in [0.15, 0.2) is 12.3 Å². The Kier molecular flexibility index (Phi) is 5.18. The first-order chi connectivity index (χ1) is 9.48. The van der Waals surface area contributed by atoms with Gasteiger partial charge in [0.1, 0.15) is 0 Å². The molecule has 5 nitrogen and oxygen atoms in total. The molecule has 2 N–H and O–H groups in total. The van der Waals surface area contributed by atoms with Crippen LogP contribution in [0.5, 0.6) is 0 Å². The Balaban J connectivity index is 1.92. The van der Waals surface area contributed by atoms with E-state index < -0.39 is 0 Å². The van der Waals surface area contributed by atoms with Gasteiger partial charge in [-0.05, 0) is 17.9 Å². The van der Waals surface area contributed by atoms with Gasteiger partial charge in [-0.2, -0.15) is 5.10 Å². The smallest absolute Gasteiger partial charge is 0.0492 e. The van der Waals surface area contributed by atoms with Crippen LogP contribution < -0.4 is 0 Å². The van der Waals surface area contributed by atoms with Crippen LogP contribution in [0.3, 0.4) is 0 Å². The highest BCUT2D eigenvalue weighted by Gasteiger charge is 2.29. The van der Waals surface area contributed by atoms with Gasteiger partial charge in [0.2, 0.25) is 0 Å². The highest BCUT2D eigenvalue weighted by Crippen LogP contribution is 2.21. The number of piperazine rings is 1. The van der Waals surface area contributed by atoms with Crippen molar-refractivity contribution in [2.45, 2.75) is 39.8 Å². The van der Waals surface area contributed by atoms with Crippen LogP contribution in [-0.4, -0.2) is 63.9 Å². The molecule has 1 aliphatic heterocycles. The van der Waals surface area contributed by atoms with Crippen LogP contribution >= 0.6 is 0 Å². The number of rotatable bonds is 5. The zero-order valence-electron chi connectivity index (χ0n) is 13.0. The van der Waals surface area contributed by atoms with Gasteiger partial charge in [-0.25, -0.2) is 0 Å². The molecule has 0 amide bonds. The lowest BCUT2D eigenvalue weighted by Gasteiger charge is -2.43. The molecule has 2 rings (SSSR count). The quantitative estimate of drug-likeness (QED) is 0.854. The molecule has 1 aromatic rings. The molecule has 0 aliphatic carbocycles. The Bertz CT molecular complexity index is 385. The van der Waals surface area contributed by atoms with E-state index in [9.17, 15) is 5.11 Å². The van der Waals surface area contributed by atoms with E-state index in [-0.39, 0.29) is 6.61 Å². The van der Waals surface area contributed by atoms with E-state index in [1.807, 2.05) is 6.07 Å². The summed E-state index contributed by atoms with van der Waals surface area (Å²) in [6, 6.07) is 2.48. The van der Waals surface area contributed by atoms with Crippen molar-refractivity contribution in [1.29, 1.82) is 0 Å². The minimum Gasteiger partial charge on any atom is -0.396 e. The number of nitrogens with zero attached hydrogens (tertiary/aromatic N) is 3. The normalized spacial score (nSPS) is 22.3. The second-order valence-electron chi connectivity index (χ2n) is 7.01. The number of aliphatic hydroxyl groups is 1. The molecule has 0 spiro atoms. The monoisotopic (exact) mass is 280 g/mol. The molecule has 1 aliphatic rings. The van der Waals surface area contributed by atoms with Crippen molar-refractivity contribution in [2.75, 3.05) is 32.8 Å². The first-order valence-electron chi connectivity index (χ1n) is 7.53. The second kappa shape index (κ2) is 6.70. The lowest BCUT2D eigenvalue weighted by molar-refractivity contribution is 0.0335. The Labute approximate surface area is 122 Å². The summed E-state index contributed by atoms with van der Waals surface area (Å²) in [6.45, 7) is 12.3. The van der Waals surface area contributed by atoms with Gasteiger partial charge in [0, 0.05) is 57.3 Å². The van der Waals surface area contributed by atoms with Crippen LogP contribution in [0, 0.1) is 5.41 Å². The molecule has 2 heterocycles. The maximum Gasteiger partial charge on any atom is 0.0492 e. The average Bonchev–Trinajstić information content (AvgIpc) is 2.84. The number of hydrogen-bond donors (Lipinski definition) is 2. The van der Waals surface area contributed by atoms with E-state index in [4.69, 9.17) is 0 Å². The van der Waals surface area contributed by atoms with Gasteiger partial charge >= 0.3 is 0 Å². The summed E-state index contributed by atoms with van der Waals surface area (Å²) in [5.74, 6) is 0. The third kappa shape index (κ3) is 4.58. The number of hydrogen-bond acceptors (Lipinski definition) is 4. The standard InChI is InChI=1S/C15H28N4O/c1-15(2,3)12-19-8-7-18(11-14(19)5-9-20)10-13-4-6-16-17-13/h4,6,14,20H,5,7-12H2,1-3H3,(H,16,17)/t14-/m0/s1. The number of aliphatic hydroxyl groups excluding tert-OH is 1. The molecule has 1 aromatic heterocycles. The predicted molar refractivity (Wildman–Crippen MR) is 80.4 cm³/mol. The zero-order valence-corrected chi connectivity index (χ0v) is 13.0. The Hall–Kier alpha value is -0.910. The largest absolute Gasteiger partial charge is 0.396 e. The third-order valence-electron chi connectivity index (χ3n) is 3.78. The molecule has 1 atom stereocenters. The van der Waals surface area contributed by atoms with Crippen molar-refractivity contribution in [3.8, 4) is 0 Å². The van der Waals surface area contributed by atoms with Crippen LogP contribution in [0.25, 0.3) is 0 Å². The molecule has 0 radical (unpaired) electrons. The minimum atomic E-state index is 0.267. The van der Waals surface area contributed by atoms with Crippen molar-refractivity contribution in [3.05, 3.63) is 18.0 Å². The van der Waals surface area contributed by atoms with Gasteiger partial charge in [-0.1, -0.05) is 20.8 Å². The van der Waals surface area contributed by atoms with Gasteiger partial charge in [0.25, 0.3) is 0 Å². The molecule has 0 saturated carbocycles. The predicted octanol–water partition coefficient (Wildman–Crippen LogP) is 1.32. The minimum absolute atomic E-state index is 0.267. The SMILES string of the molecule is CC(C)(C)CN1CCN(Cc2ccn[nH]2)C[C@@H]1CCO. The summed E-state index contributed by atoms with van der Waals surface area (Å²) in [5, 5.41) is 16.3. The zero-order chi connectivity index (χ0) is 14.6. The Morgan fingerprint density at radius 1 is 1.40 bits per heavy atom. The molecule has 0 unspecified atom stereocenters. The van der Waals surface area contributed by atoms with Crippen molar-refractivity contribution in [2.24, 2.45) is 5.41 Å². The molecule has 1 saturated heterocycles. The van der Waals surface area contributed by atoms with Crippen molar-refractivity contribution >= 4 is 0 Å². The lowest BCUT2D eigenvalue weighted by atomic mass is 9.94. The van der Waals surface area contributed by atoms with E-state index >= 15 is 0 Å². The van der Waals surface area contributed by atoms with Crippen LogP contribution in [0.2, 0.25) is 0 Å². The Morgan fingerprint density at radius 2 is 2.20 bits per heavy atom. The number of aromatic amines is 1. The van der Waals surface area contributed by atoms with E-state index in [0.717, 1.165) is 44.8 Å². The number of aromatic nitrogens is 2. The number of nitrogens with one attached hydrogen (secondary N) is 1. The first kappa shape index (κ1) is 15.5. The van der Waals surface area contributed by atoms with E-state index in [0.29, 0.717) is 11.5 Å². The van der Waals surface area contributed by atoms with Gasteiger partial charge in [-0.15, -0.1) is 0 Å². The Morgan fingerprint density at radius 3 is 2.80 bits per heavy atom. The maximum atomic E-state index is 9.32. The fourth-order valence-corrected chi connectivity index (χ4v) is 2.95. The lowest BCUT2D eigenvalue weighted by Crippen LogP contribution is -2.54. The topological polar surface area (TPSA) is 55.4 Å². The fraction of sp³-hybridized carbons (Fsp3) is 0.800. The highest BCUT2D eigenvalue weighted by atomic mass is 16.3. The van der Waals surface area contributed by atoms with Crippen LogP contribution in [0.4, 0.5) is 0 Å². The molecule has 114 valence electrons. The van der Waals surface area contributed by atoms with E-state index in [1.165, 1.54) is 0 Å².